The smallest absolute Gasteiger partial charge is 0.225 e. The molecule has 6 heteroatoms. The zero-order valence-corrected chi connectivity index (χ0v) is 15.2. The van der Waals surface area contributed by atoms with Crippen LogP contribution in [0.15, 0.2) is 28.7 Å². The third-order valence-electron chi connectivity index (χ3n) is 4.21. The van der Waals surface area contributed by atoms with Gasteiger partial charge in [0.1, 0.15) is 0 Å². The highest BCUT2D eigenvalue weighted by atomic mass is 79.9. The molecule has 0 saturated carbocycles. The van der Waals surface area contributed by atoms with Crippen LogP contribution in [0.3, 0.4) is 0 Å². The van der Waals surface area contributed by atoms with E-state index in [1.54, 1.807) is 0 Å². The second kappa shape index (κ2) is 8.45. The van der Waals surface area contributed by atoms with Gasteiger partial charge in [-0.25, -0.2) is 0 Å². The zero-order chi connectivity index (χ0) is 16.8. The van der Waals surface area contributed by atoms with Crippen molar-refractivity contribution >= 4 is 27.7 Å². The van der Waals surface area contributed by atoms with Crippen molar-refractivity contribution in [3.63, 3.8) is 0 Å². The van der Waals surface area contributed by atoms with E-state index in [1.807, 2.05) is 36.2 Å². The summed E-state index contributed by atoms with van der Waals surface area (Å²) in [6, 6.07) is 7.79. The van der Waals surface area contributed by atoms with Crippen LogP contribution in [-0.4, -0.2) is 42.9 Å². The van der Waals surface area contributed by atoms with Gasteiger partial charge in [-0.15, -0.1) is 0 Å². The normalized spacial score (nSPS) is 19.3. The summed E-state index contributed by atoms with van der Waals surface area (Å²) in [6.07, 6.45) is 2.40. The minimum atomic E-state index is -0.289. The molecule has 2 N–H and O–H groups in total. The summed E-state index contributed by atoms with van der Waals surface area (Å²) in [5, 5.41) is 6.14. The van der Waals surface area contributed by atoms with Crippen LogP contribution in [-0.2, 0) is 9.59 Å². The Bertz CT molecular complexity index is 547. The number of likely N-dealkylation sites (tertiary alicyclic amines) is 1. The number of piperidine rings is 1. The molecule has 0 bridgehead atoms. The second-order valence-corrected chi connectivity index (χ2v) is 6.89. The molecule has 0 aromatic heterocycles. The van der Waals surface area contributed by atoms with Crippen molar-refractivity contribution in [3.05, 3.63) is 34.3 Å². The van der Waals surface area contributed by atoms with E-state index in [2.05, 4.69) is 26.6 Å². The van der Waals surface area contributed by atoms with Crippen molar-refractivity contribution in [1.29, 1.82) is 0 Å². The number of rotatable bonds is 5. The van der Waals surface area contributed by atoms with Crippen LogP contribution in [0.2, 0.25) is 0 Å². The Labute approximate surface area is 145 Å². The van der Waals surface area contributed by atoms with Gasteiger partial charge in [-0.2, -0.15) is 0 Å². The van der Waals surface area contributed by atoms with Gasteiger partial charge in [-0.3, -0.25) is 9.59 Å². The fourth-order valence-corrected chi connectivity index (χ4v) is 3.20. The van der Waals surface area contributed by atoms with Gasteiger partial charge in [0.15, 0.2) is 0 Å². The lowest BCUT2D eigenvalue weighted by Gasteiger charge is -2.33. The number of benzene rings is 1. The molecule has 1 aliphatic heterocycles. The van der Waals surface area contributed by atoms with Crippen molar-refractivity contribution in [3.8, 4) is 0 Å². The quantitative estimate of drug-likeness (QED) is 0.821. The van der Waals surface area contributed by atoms with Gasteiger partial charge in [-0.1, -0.05) is 28.1 Å². The molecule has 2 amide bonds. The largest absolute Gasteiger partial charge is 0.349 e. The fourth-order valence-electron chi connectivity index (χ4n) is 2.94. The SMILES string of the molecule is CN[C@H]1CCCN(C(=O)C[C@H](NC(C)=O)c2ccc(Br)cc2)C1. The first-order valence-electron chi connectivity index (χ1n) is 7.97. The average molecular weight is 382 g/mol. The highest BCUT2D eigenvalue weighted by molar-refractivity contribution is 9.10. The first-order valence-corrected chi connectivity index (χ1v) is 8.76. The molecule has 0 aliphatic carbocycles. The molecule has 23 heavy (non-hydrogen) atoms. The van der Waals surface area contributed by atoms with Gasteiger partial charge >= 0.3 is 0 Å². The van der Waals surface area contributed by atoms with Gasteiger partial charge < -0.3 is 15.5 Å². The highest BCUT2D eigenvalue weighted by Crippen LogP contribution is 2.22. The Morgan fingerprint density at radius 2 is 2.04 bits per heavy atom. The van der Waals surface area contributed by atoms with Crippen molar-refractivity contribution < 1.29 is 9.59 Å². The molecule has 1 aromatic rings. The molecule has 0 radical (unpaired) electrons. The van der Waals surface area contributed by atoms with Gasteiger partial charge in [0.05, 0.1) is 12.5 Å². The molecule has 1 heterocycles. The Morgan fingerprint density at radius 1 is 1.35 bits per heavy atom. The van der Waals surface area contributed by atoms with E-state index in [9.17, 15) is 9.59 Å². The summed E-state index contributed by atoms with van der Waals surface area (Å²) in [5.41, 5.74) is 0.943. The first-order chi connectivity index (χ1) is 11.0. The van der Waals surface area contributed by atoms with E-state index in [4.69, 9.17) is 0 Å². The maximum atomic E-state index is 12.6. The van der Waals surface area contributed by atoms with E-state index >= 15 is 0 Å². The van der Waals surface area contributed by atoms with E-state index < -0.39 is 0 Å². The van der Waals surface area contributed by atoms with Crippen molar-refractivity contribution in [2.45, 2.75) is 38.3 Å². The lowest BCUT2D eigenvalue weighted by atomic mass is 10.0. The molecule has 2 atom stereocenters. The molecule has 1 aromatic carbocycles. The maximum Gasteiger partial charge on any atom is 0.225 e. The number of carbonyl (C=O) groups excluding carboxylic acids is 2. The van der Waals surface area contributed by atoms with Crippen LogP contribution in [0.25, 0.3) is 0 Å². The van der Waals surface area contributed by atoms with Gasteiger partial charge in [0.2, 0.25) is 11.8 Å². The number of carbonyl (C=O) groups is 2. The molecule has 1 saturated heterocycles. The highest BCUT2D eigenvalue weighted by Gasteiger charge is 2.25. The van der Waals surface area contributed by atoms with Crippen LogP contribution in [0.1, 0.15) is 37.8 Å². The topological polar surface area (TPSA) is 61.4 Å². The number of nitrogens with one attached hydrogen (secondary N) is 2. The first kappa shape index (κ1) is 17.9. The Kier molecular flexibility index (Phi) is 6.59. The summed E-state index contributed by atoms with van der Waals surface area (Å²) in [5.74, 6) is -0.0379. The average Bonchev–Trinajstić information content (AvgIpc) is 2.54. The van der Waals surface area contributed by atoms with Crippen LogP contribution < -0.4 is 10.6 Å². The number of nitrogens with zero attached hydrogens (tertiary/aromatic N) is 1. The molecular formula is C17H24BrN3O2. The summed E-state index contributed by atoms with van der Waals surface area (Å²) < 4.78 is 0.974. The summed E-state index contributed by atoms with van der Waals surface area (Å²) in [7, 11) is 1.93. The van der Waals surface area contributed by atoms with Gasteiger partial charge in [-0.05, 0) is 37.6 Å². The van der Waals surface area contributed by atoms with E-state index in [0.29, 0.717) is 6.04 Å². The molecule has 1 aliphatic rings. The molecule has 1 fully saturated rings. The van der Waals surface area contributed by atoms with Crippen LogP contribution in [0.5, 0.6) is 0 Å². The number of amides is 2. The number of hydrogen-bond donors (Lipinski definition) is 2. The molecule has 0 unspecified atom stereocenters. The monoisotopic (exact) mass is 381 g/mol. The number of hydrogen-bond acceptors (Lipinski definition) is 3. The third-order valence-corrected chi connectivity index (χ3v) is 4.74. The Hall–Kier alpha value is -1.40. The molecule has 126 valence electrons. The van der Waals surface area contributed by atoms with Gasteiger partial charge in [0.25, 0.3) is 0 Å². The number of halogens is 1. The summed E-state index contributed by atoms with van der Waals surface area (Å²) in [6.45, 7) is 3.01. The molecule has 5 nitrogen and oxygen atoms in total. The predicted molar refractivity (Wildman–Crippen MR) is 94.0 cm³/mol. The van der Waals surface area contributed by atoms with E-state index in [1.165, 1.54) is 6.92 Å². The van der Waals surface area contributed by atoms with Gasteiger partial charge in [0, 0.05) is 30.5 Å². The second-order valence-electron chi connectivity index (χ2n) is 5.98. The Balaban J connectivity index is 2.06. The number of likely N-dealkylation sites (N-methyl/N-ethyl adjacent to an activating group) is 1. The lowest BCUT2D eigenvalue weighted by molar-refractivity contribution is -0.133. The van der Waals surface area contributed by atoms with Crippen LogP contribution in [0, 0.1) is 0 Å². The molecule has 2 rings (SSSR count). The zero-order valence-electron chi connectivity index (χ0n) is 13.6. The molecule has 0 spiro atoms. The van der Waals surface area contributed by atoms with E-state index in [-0.39, 0.29) is 24.3 Å². The van der Waals surface area contributed by atoms with Crippen molar-refractivity contribution in [2.75, 3.05) is 20.1 Å². The van der Waals surface area contributed by atoms with Crippen molar-refractivity contribution in [1.82, 2.24) is 15.5 Å². The van der Waals surface area contributed by atoms with Crippen molar-refractivity contribution in [2.24, 2.45) is 0 Å². The summed E-state index contributed by atoms with van der Waals surface area (Å²) in [4.78, 5) is 26.0. The standard InChI is InChI=1S/C17H24BrN3O2/c1-12(22)20-16(13-5-7-14(18)8-6-13)10-17(23)21-9-3-4-15(11-21)19-2/h5-8,15-16,19H,3-4,9-11H2,1-2H3,(H,20,22)/t15-,16-/m0/s1. The summed E-state index contributed by atoms with van der Waals surface area (Å²) >= 11 is 3.40. The fraction of sp³-hybridized carbons (Fsp3) is 0.529. The molecular weight excluding hydrogens is 358 g/mol. The van der Waals surface area contributed by atoms with Crippen LogP contribution in [0.4, 0.5) is 0 Å². The van der Waals surface area contributed by atoms with Crippen LogP contribution >= 0.6 is 15.9 Å². The predicted octanol–water partition coefficient (Wildman–Crippen LogP) is 2.23. The minimum Gasteiger partial charge on any atom is -0.349 e. The lowest BCUT2D eigenvalue weighted by Crippen LogP contribution is -2.47. The maximum absolute atomic E-state index is 12.6. The van der Waals surface area contributed by atoms with E-state index in [0.717, 1.165) is 36.0 Å². The minimum absolute atomic E-state index is 0.0895. The third kappa shape index (κ3) is 5.32. The Morgan fingerprint density at radius 3 is 2.65 bits per heavy atom.